The lowest BCUT2D eigenvalue weighted by Gasteiger charge is -2.30. The molecule has 7 atom stereocenters. The number of hydrogen-bond acceptors (Lipinski definition) is 10. The van der Waals surface area contributed by atoms with E-state index < -0.39 is 24.3 Å². The summed E-state index contributed by atoms with van der Waals surface area (Å²) in [6.07, 6.45) is 2.67. The van der Waals surface area contributed by atoms with Crippen LogP contribution in [0.4, 0.5) is 9.59 Å². The van der Waals surface area contributed by atoms with Crippen molar-refractivity contribution in [3.63, 3.8) is 0 Å². The van der Waals surface area contributed by atoms with Crippen LogP contribution in [0.5, 0.6) is 5.75 Å². The first kappa shape index (κ1) is 43.5. The summed E-state index contributed by atoms with van der Waals surface area (Å²) in [5, 5.41) is 7.43. The number of nitrogens with one attached hydrogen (secondary N) is 4. The van der Waals surface area contributed by atoms with Crippen molar-refractivity contribution >= 4 is 45.8 Å². The summed E-state index contributed by atoms with van der Waals surface area (Å²) in [5.74, 6) is 1.93. The zero-order valence-corrected chi connectivity index (χ0v) is 37.2. The zero-order valence-electron chi connectivity index (χ0n) is 37.2. The van der Waals surface area contributed by atoms with Gasteiger partial charge in [0.15, 0.2) is 0 Å². The SMILES string of the molecule is CCC(C)C(NC(=O)OC)C(=O)N1CC(C)CC1c1ncc(-c2ccc3c(c2)COc2cc4c(ccc5[nH]c(C6CC(COC)CN6C(=O)C(NC(=O)OC)C(C)C)nc54)cc2-3)[nH]1. The average molecular weight is 863 g/mol. The Balaban J connectivity index is 1.05. The third kappa shape index (κ3) is 8.40. The lowest BCUT2D eigenvalue weighted by Crippen LogP contribution is -2.51. The number of ether oxygens (including phenoxy) is 4. The van der Waals surface area contributed by atoms with E-state index >= 15 is 0 Å². The summed E-state index contributed by atoms with van der Waals surface area (Å²) in [6.45, 7) is 11.8. The van der Waals surface area contributed by atoms with Gasteiger partial charge >= 0.3 is 12.2 Å². The molecular weight excluding hydrogens is 805 g/mol. The largest absolute Gasteiger partial charge is 0.488 e. The van der Waals surface area contributed by atoms with Crippen LogP contribution in [0.2, 0.25) is 0 Å². The van der Waals surface area contributed by atoms with Gasteiger partial charge in [-0.2, -0.15) is 0 Å². The molecule has 0 aliphatic carbocycles. The maximum Gasteiger partial charge on any atom is 0.407 e. The molecule has 334 valence electrons. The van der Waals surface area contributed by atoms with Gasteiger partial charge in [0.1, 0.15) is 36.1 Å². The van der Waals surface area contributed by atoms with Crippen molar-refractivity contribution in [2.24, 2.45) is 23.7 Å². The van der Waals surface area contributed by atoms with Crippen LogP contribution in [-0.2, 0) is 30.4 Å². The maximum absolute atomic E-state index is 14.1. The number of imidazole rings is 2. The van der Waals surface area contributed by atoms with Gasteiger partial charge in [-0.15, -0.1) is 0 Å². The highest BCUT2D eigenvalue weighted by Gasteiger charge is 2.43. The number of methoxy groups -OCH3 is 3. The number of H-pyrrole nitrogens is 2. The highest BCUT2D eigenvalue weighted by Crippen LogP contribution is 2.44. The molecule has 63 heavy (non-hydrogen) atoms. The van der Waals surface area contributed by atoms with E-state index in [1.54, 1.807) is 7.11 Å². The molecule has 2 aromatic heterocycles. The number of benzene rings is 3. The molecule has 2 saturated heterocycles. The minimum Gasteiger partial charge on any atom is -0.488 e. The first-order chi connectivity index (χ1) is 30.3. The molecule has 5 heterocycles. The van der Waals surface area contributed by atoms with Crippen LogP contribution < -0.4 is 15.4 Å². The summed E-state index contributed by atoms with van der Waals surface area (Å²) in [6, 6.07) is 12.5. The fraction of sp³-hybridized carbons (Fsp3) is 0.489. The molecule has 0 bridgehead atoms. The average Bonchev–Trinajstić information content (AvgIpc) is 4.11. The molecule has 8 rings (SSSR count). The van der Waals surface area contributed by atoms with E-state index in [2.05, 4.69) is 63.9 Å². The molecule has 0 saturated carbocycles. The number of fused-ring (bicyclic) bond motifs is 6. The molecule has 0 spiro atoms. The number of alkyl carbamates (subject to hydrolysis) is 2. The molecule has 16 nitrogen and oxygen atoms in total. The second-order valence-corrected chi connectivity index (χ2v) is 17.8. The van der Waals surface area contributed by atoms with Crippen molar-refractivity contribution in [2.45, 2.75) is 84.7 Å². The minimum absolute atomic E-state index is 0.0791. The van der Waals surface area contributed by atoms with E-state index in [4.69, 9.17) is 28.9 Å². The number of amides is 4. The van der Waals surface area contributed by atoms with Gasteiger partial charge < -0.3 is 49.3 Å². The fourth-order valence-corrected chi connectivity index (χ4v) is 9.54. The van der Waals surface area contributed by atoms with Gasteiger partial charge in [0.05, 0.1) is 55.8 Å². The highest BCUT2D eigenvalue weighted by molar-refractivity contribution is 6.07. The Hall–Kier alpha value is -6.16. The van der Waals surface area contributed by atoms with Gasteiger partial charge in [0, 0.05) is 37.1 Å². The summed E-state index contributed by atoms with van der Waals surface area (Å²) in [7, 11) is 4.25. The number of rotatable bonds is 12. The predicted octanol–water partition coefficient (Wildman–Crippen LogP) is 7.26. The molecule has 16 heteroatoms. The van der Waals surface area contributed by atoms with Crippen LogP contribution in [-0.4, -0.2) is 107 Å². The van der Waals surface area contributed by atoms with Crippen LogP contribution >= 0.6 is 0 Å². The van der Waals surface area contributed by atoms with E-state index in [1.807, 2.05) is 49.8 Å². The monoisotopic (exact) mass is 862 g/mol. The van der Waals surface area contributed by atoms with Gasteiger partial charge in [-0.1, -0.05) is 59.2 Å². The molecular formula is C47H58N8O8. The van der Waals surface area contributed by atoms with E-state index in [0.29, 0.717) is 44.4 Å². The van der Waals surface area contributed by atoms with E-state index in [1.165, 1.54) is 14.2 Å². The van der Waals surface area contributed by atoms with Crippen molar-refractivity contribution in [3.05, 3.63) is 65.9 Å². The Labute approximate surface area is 366 Å². The Morgan fingerprint density at radius 1 is 0.857 bits per heavy atom. The molecule has 5 aromatic rings. The predicted molar refractivity (Wildman–Crippen MR) is 237 cm³/mol. The topological polar surface area (TPSA) is 193 Å². The fourth-order valence-electron chi connectivity index (χ4n) is 9.54. The van der Waals surface area contributed by atoms with Crippen molar-refractivity contribution in [3.8, 4) is 28.1 Å². The number of aromatic amines is 2. The van der Waals surface area contributed by atoms with Crippen molar-refractivity contribution in [1.82, 2.24) is 40.4 Å². The number of nitrogens with zero attached hydrogens (tertiary/aromatic N) is 4. The Morgan fingerprint density at radius 3 is 2.29 bits per heavy atom. The number of aromatic nitrogens is 4. The van der Waals surface area contributed by atoms with E-state index in [0.717, 1.165) is 68.3 Å². The summed E-state index contributed by atoms with van der Waals surface area (Å²) >= 11 is 0. The summed E-state index contributed by atoms with van der Waals surface area (Å²) in [5.41, 5.74) is 6.51. The van der Waals surface area contributed by atoms with Crippen molar-refractivity contribution in [2.75, 3.05) is 41.0 Å². The Morgan fingerprint density at radius 2 is 1.57 bits per heavy atom. The smallest absolute Gasteiger partial charge is 0.407 e. The third-order valence-corrected chi connectivity index (χ3v) is 13.1. The Bertz CT molecular complexity index is 2530. The maximum atomic E-state index is 14.1. The standard InChI is InChI=1S/C47H58N8O8/c1-9-26(5)40(53-47(59)62-8)45(57)54-20-25(4)14-36(54)42-48-19-35(50-42)29-10-12-31-30(16-29)23-63-38-18-32-28(17-33(31)38)11-13-34-41(32)51-43(49-34)37-15-27(22-60-6)21-55(37)44(56)39(24(2)3)52-46(58)61-7/h10-13,16-19,24-27,36-37,39-40H,9,14-15,20-23H2,1-8H3,(H,48,50)(H,49,51)(H,52,58)(H,53,59). The highest BCUT2D eigenvalue weighted by atomic mass is 16.5. The minimum atomic E-state index is -0.762. The Kier molecular flexibility index (Phi) is 12.4. The van der Waals surface area contributed by atoms with E-state index in [-0.39, 0.29) is 47.6 Å². The van der Waals surface area contributed by atoms with Crippen LogP contribution in [0.25, 0.3) is 44.2 Å². The van der Waals surface area contributed by atoms with Crippen LogP contribution in [0, 0.1) is 23.7 Å². The molecule has 2 fully saturated rings. The lowest BCUT2D eigenvalue weighted by atomic mass is 9.92. The number of carbonyl (C=O) groups is 4. The van der Waals surface area contributed by atoms with Gasteiger partial charge in [-0.25, -0.2) is 19.6 Å². The summed E-state index contributed by atoms with van der Waals surface area (Å²) < 4.78 is 21.6. The molecule has 3 aliphatic rings. The van der Waals surface area contributed by atoms with Gasteiger partial charge in [0.25, 0.3) is 0 Å². The first-order valence-corrected chi connectivity index (χ1v) is 21.9. The molecule has 0 radical (unpaired) electrons. The summed E-state index contributed by atoms with van der Waals surface area (Å²) in [4.78, 5) is 73.1. The van der Waals surface area contributed by atoms with Gasteiger partial charge in [-0.3, -0.25) is 9.59 Å². The van der Waals surface area contributed by atoms with Crippen LogP contribution in [0.1, 0.15) is 83.2 Å². The van der Waals surface area contributed by atoms with Gasteiger partial charge in [0.2, 0.25) is 11.8 Å². The number of hydrogen-bond donors (Lipinski definition) is 4. The first-order valence-electron chi connectivity index (χ1n) is 21.9. The quantitative estimate of drug-likeness (QED) is 0.0992. The molecule has 3 aromatic carbocycles. The van der Waals surface area contributed by atoms with Gasteiger partial charge in [-0.05, 0) is 76.9 Å². The lowest BCUT2D eigenvalue weighted by molar-refractivity contribution is -0.136. The molecule has 4 amide bonds. The molecule has 7 unspecified atom stereocenters. The number of likely N-dealkylation sites (tertiary alicyclic amines) is 2. The third-order valence-electron chi connectivity index (χ3n) is 13.1. The van der Waals surface area contributed by atoms with Crippen LogP contribution in [0.15, 0.2) is 48.7 Å². The van der Waals surface area contributed by atoms with Crippen molar-refractivity contribution in [1.29, 1.82) is 0 Å². The van der Waals surface area contributed by atoms with E-state index in [9.17, 15) is 19.2 Å². The van der Waals surface area contributed by atoms with Crippen molar-refractivity contribution < 1.29 is 38.1 Å². The molecule has 3 aliphatic heterocycles. The second-order valence-electron chi connectivity index (χ2n) is 17.8. The second kappa shape index (κ2) is 17.9. The molecule has 4 N–H and O–H groups in total. The normalized spacial score (nSPS) is 20.8. The van der Waals surface area contributed by atoms with Crippen LogP contribution in [0.3, 0.4) is 0 Å². The number of carbonyl (C=O) groups excluding carboxylic acids is 4. The zero-order chi connectivity index (χ0) is 44.7.